The number of hydrogen-bond acceptors (Lipinski definition) is 2. The highest BCUT2D eigenvalue weighted by atomic mass is 14.8. The smallest absolute Gasteiger partial charge is 0.0930 e. The average Bonchev–Trinajstić information content (AvgIpc) is 2.49. The molecule has 0 bridgehead atoms. The maximum Gasteiger partial charge on any atom is 0.0930 e. The molecule has 1 aliphatic carbocycles. The number of rotatable bonds is 0. The molecule has 1 aliphatic rings. The third-order valence-corrected chi connectivity index (χ3v) is 3.40. The predicted octanol–water partition coefficient (Wildman–Crippen LogP) is 3.09. The summed E-state index contributed by atoms with van der Waals surface area (Å²) in [7, 11) is 0. The Kier molecular flexibility index (Phi) is 1.73. The van der Waals surface area contributed by atoms with E-state index in [1.807, 2.05) is 18.5 Å². The number of pyridine rings is 2. The van der Waals surface area contributed by atoms with Crippen LogP contribution in [0.4, 0.5) is 0 Å². The fraction of sp³-hybridized carbons (Fsp3) is 0.286. The van der Waals surface area contributed by atoms with E-state index in [1.54, 1.807) is 0 Å². The standard InChI is InChI=1S/C14H14N2/c1-9-7-11-13(16-8-9)12-10(14(11,2)3)5-4-6-15-12/h4-8H,1-3H3. The van der Waals surface area contributed by atoms with Gasteiger partial charge in [-0.3, -0.25) is 9.97 Å². The van der Waals surface area contributed by atoms with Crippen LogP contribution in [-0.4, -0.2) is 9.97 Å². The Bertz CT molecular complexity index is 571. The van der Waals surface area contributed by atoms with Crippen LogP contribution in [0.1, 0.15) is 30.5 Å². The molecule has 0 unspecified atom stereocenters. The molecule has 0 aromatic carbocycles. The Morgan fingerprint density at radius 1 is 1.06 bits per heavy atom. The van der Waals surface area contributed by atoms with Crippen molar-refractivity contribution in [2.75, 3.05) is 0 Å². The van der Waals surface area contributed by atoms with Crippen molar-refractivity contribution < 1.29 is 0 Å². The molecule has 0 amide bonds. The Balaban J connectivity index is 2.39. The van der Waals surface area contributed by atoms with Gasteiger partial charge < -0.3 is 0 Å². The lowest BCUT2D eigenvalue weighted by atomic mass is 9.83. The predicted molar refractivity (Wildman–Crippen MR) is 64.3 cm³/mol. The van der Waals surface area contributed by atoms with E-state index in [2.05, 4.69) is 42.9 Å². The molecule has 0 spiro atoms. The van der Waals surface area contributed by atoms with Crippen molar-refractivity contribution in [3.8, 4) is 11.4 Å². The molecular weight excluding hydrogens is 196 g/mol. The number of aryl methyl sites for hydroxylation is 1. The van der Waals surface area contributed by atoms with Gasteiger partial charge in [-0.25, -0.2) is 0 Å². The zero-order valence-corrected chi connectivity index (χ0v) is 9.78. The van der Waals surface area contributed by atoms with Crippen molar-refractivity contribution in [3.05, 3.63) is 47.3 Å². The first-order valence-corrected chi connectivity index (χ1v) is 5.53. The first-order valence-electron chi connectivity index (χ1n) is 5.53. The minimum absolute atomic E-state index is 0.0257. The SMILES string of the molecule is Cc1cnc2c(c1)C(C)(C)c1cccnc1-2. The van der Waals surface area contributed by atoms with Crippen LogP contribution in [0.2, 0.25) is 0 Å². The third kappa shape index (κ3) is 1.07. The summed E-state index contributed by atoms with van der Waals surface area (Å²) in [5.41, 5.74) is 5.90. The molecule has 0 saturated carbocycles. The molecule has 0 atom stereocenters. The molecule has 2 aromatic heterocycles. The first-order chi connectivity index (χ1) is 7.60. The Morgan fingerprint density at radius 2 is 1.81 bits per heavy atom. The molecule has 80 valence electrons. The zero-order chi connectivity index (χ0) is 11.3. The highest BCUT2D eigenvalue weighted by molar-refractivity contribution is 5.74. The van der Waals surface area contributed by atoms with E-state index in [9.17, 15) is 0 Å². The summed E-state index contributed by atoms with van der Waals surface area (Å²) >= 11 is 0. The number of nitrogens with zero attached hydrogens (tertiary/aromatic N) is 2. The van der Waals surface area contributed by atoms with Crippen LogP contribution in [0.15, 0.2) is 30.6 Å². The maximum atomic E-state index is 4.53. The third-order valence-electron chi connectivity index (χ3n) is 3.40. The van der Waals surface area contributed by atoms with E-state index in [-0.39, 0.29) is 5.41 Å². The molecule has 0 saturated heterocycles. The molecule has 2 heteroatoms. The van der Waals surface area contributed by atoms with Gasteiger partial charge in [-0.15, -0.1) is 0 Å². The van der Waals surface area contributed by atoms with Gasteiger partial charge in [0.05, 0.1) is 11.4 Å². The molecule has 2 aromatic rings. The van der Waals surface area contributed by atoms with Gasteiger partial charge in [0.1, 0.15) is 0 Å². The minimum atomic E-state index is 0.0257. The van der Waals surface area contributed by atoms with Crippen LogP contribution in [0, 0.1) is 6.92 Å². The number of aromatic nitrogens is 2. The van der Waals surface area contributed by atoms with Gasteiger partial charge in [0.15, 0.2) is 0 Å². The summed E-state index contributed by atoms with van der Waals surface area (Å²) in [4.78, 5) is 9.00. The van der Waals surface area contributed by atoms with Gasteiger partial charge in [-0.1, -0.05) is 26.0 Å². The van der Waals surface area contributed by atoms with Gasteiger partial charge in [-0.05, 0) is 29.7 Å². The summed E-state index contributed by atoms with van der Waals surface area (Å²) in [5.74, 6) is 0. The van der Waals surface area contributed by atoms with E-state index >= 15 is 0 Å². The molecule has 0 aliphatic heterocycles. The molecular formula is C14H14N2. The van der Waals surface area contributed by atoms with Crippen LogP contribution in [0.25, 0.3) is 11.4 Å². The second kappa shape index (κ2) is 2.91. The lowest BCUT2D eigenvalue weighted by Crippen LogP contribution is -2.15. The molecule has 3 rings (SSSR count). The highest BCUT2D eigenvalue weighted by Crippen LogP contribution is 2.46. The number of hydrogen-bond donors (Lipinski definition) is 0. The van der Waals surface area contributed by atoms with Gasteiger partial charge >= 0.3 is 0 Å². The summed E-state index contributed by atoms with van der Waals surface area (Å²) in [6.45, 7) is 6.56. The van der Waals surface area contributed by atoms with E-state index < -0.39 is 0 Å². The van der Waals surface area contributed by atoms with Crippen molar-refractivity contribution in [1.29, 1.82) is 0 Å². The molecule has 16 heavy (non-hydrogen) atoms. The van der Waals surface area contributed by atoms with Gasteiger partial charge in [0.2, 0.25) is 0 Å². The van der Waals surface area contributed by atoms with Crippen LogP contribution < -0.4 is 0 Å². The van der Waals surface area contributed by atoms with Crippen LogP contribution in [0.3, 0.4) is 0 Å². The fourth-order valence-corrected chi connectivity index (χ4v) is 2.48. The largest absolute Gasteiger partial charge is 0.254 e. The number of fused-ring (bicyclic) bond motifs is 3. The van der Waals surface area contributed by atoms with Crippen LogP contribution >= 0.6 is 0 Å². The van der Waals surface area contributed by atoms with Crippen molar-refractivity contribution >= 4 is 0 Å². The van der Waals surface area contributed by atoms with Gasteiger partial charge in [0, 0.05) is 17.8 Å². The molecule has 2 heterocycles. The van der Waals surface area contributed by atoms with Crippen molar-refractivity contribution in [3.63, 3.8) is 0 Å². The lowest BCUT2D eigenvalue weighted by Gasteiger charge is -2.20. The lowest BCUT2D eigenvalue weighted by molar-refractivity contribution is 0.657. The van der Waals surface area contributed by atoms with Crippen molar-refractivity contribution in [2.45, 2.75) is 26.2 Å². The average molecular weight is 210 g/mol. The second-order valence-electron chi connectivity index (χ2n) is 4.93. The molecule has 0 radical (unpaired) electrons. The fourth-order valence-electron chi connectivity index (χ4n) is 2.48. The van der Waals surface area contributed by atoms with Crippen molar-refractivity contribution in [1.82, 2.24) is 9.97 Å². The normalized spacial score (nSPS) is 15.7. The zero-order valence-electron chi connectivity index (χ0n) is 9.78. The van der Waals surface area contributed by atoms with E-state index in [4.69, 9.17) is 0 Å². The van der Waals surface area contributed by atoms with Gasteiger partial charge in [0.25, 0.3) is 0 Å². The van der Waals surface area contributed by atoms with Gasteiger partial charge in [-0.2, -0.15) is 0 Å². The van der Waals surface area contributed by atoms with Crippen LogP contribution in [0.5, 0.6) is 0 Å². The minimum Gasteiger partial charge on any atom is -0.254 e. The Hall–Kier alpha value is -1.70. The topological polar surface area (TPSA) is 25.8 Å². The quantitative estimate of drug-likeness (QED) is 0.667. The van der Waals surface area contributed by atoms with Crippen LogP contribution in [-0.2, 0) is 5.41 Å². The molecule has 0 N–H and O–H groups in total. The van der Waals surface area contributed by atoms with E-state index in [0.717, 1.165) is 11.4 Å². The monoisotopic (exact) mass is 210 g/mol. The highest BCUT2D eigenvalue weighted by Gasteiger charge is 2.37. The summed E-state index contributed by atoms with van der Waals surface area (Å²) in [5, 5.41) is 0. The van der Waals surface area contributed by atoms with E-state index in [0.29, 0.717) is 0 Å². The second-order valence-corrected chi connectivity index (χ2v) is 4.93. The Labute approximate surface area is 95.4 Å². The summed E-state index contributed by atoms with van der Waals surface area (Å²) in [6, 6.07) is 6.38. The molecule has 0 fully saturated rings. The molecule has 2 nitrogen and oxygen atoms in total. The Morgan fingerprint density at radius 3 is 2.62 bits per heavy atom. The first kappa shape index (κ1) is 9.52. The maximum absolute atomic E-state index is 4.53. The van der Waals surface area contributed by atoms with E-state index in [1.165, 1.54) is 16.7 Å². The van der Waals surface area contributed by atoms with Crippen molar-refractivity contribution in [2.24, 2.45) is 0 Å². The summed E-state index contributed by atoms with van der Waals surface area (Å²) in [6.07, 6.45) is 3.75. The summed E-state index contributed by atoms with van der Waals surface area (Å²) < 4.78 is 0.